The third-order valence-electron chi connectivity index (χ3n) is 2.50. The summed E-state index contributed by atoms with van der Waals surface area (Å²) in [4.78, 5) is 11.7. The van der Waals surface area contributed by atoms with Crippen LogP contribution in [-0.4, -0.2) is 28.4 Å². The number of hydrogen-bond acceptors (Lipinski definition) is 3. The van der Waals surface area contributed by atoms with E-state index in [9.17, 15) is 18.0 Å². The molecule has 19 heavy (non-hydrogen) atoms. The van der Waals surface area contributed by atoms with Crippen molar-refractivity contribution in [2.24, 2.45) is 0 Å². The van der Waals surface area contributed by atoms with Gasteiger partial charge in [-0.1, -0.05) is 0 Å². The van der Waals surface area contributed by atoms with E-state index in [1.807, 2.05) is 6.92 Å². The average molecular weight is 278 g/mol. The number of nitrogens with two attached hydrogens (primary N) is 1. The van der Waals surface area contributed by atoms with E-state index < -0.39 is 18.5 Å². The van der Waals surface area contributed by atoms with Crippen LogP contribution >= 0.6 is 0 Å². The minimum absolute atomic E-state index is 0.0112. The van der Waals surface area contributed by atoms with Gasteiger partial charge in [0.1, 0.15) is 0 Å². The van der Waals surface area contributed by atoms with Gasteiger partial charge < -0.3 is 11.1 Å². The predicted octanol–water partition coefficient (Wildman–Crippen LogP) is 1.95. The number of alkyl halides is 3. The van der Waals surface area contributed by atoms with E-state index in [-0.39, 0.29) is 30.8 Å². The topological polar surface area (TPSA) is 72.9 Å². The molecule has 0 spiro atoms. The summed E-state index contributed by atoms with van der Waals surface area (Å²) in [5, 5.41) is 6.47. The van der Waals surface area contributed by atoms with E-state index >= 15 is 0 Å². The van der Waals surface area contributed by atoms with Crippen molar-refractivity contribution in [2.75, 3.05) is 12.3 Å². The lowest BCUT2D eigenvalue weighted by Gasteiger charge is -2.06. The molecule has 0 bridgehead atoms. The van der Waals surface area contributed by atoms with E-state index in [1.165, 1.54) is 4.68 Å². The summed E-state index contributed by atoms with van der Waals surface area (Å²) in [5.41, 5.74) is 5.98. The Hall–Kier alpha value is -1.73. The highest BCUT2D eigenvalue weighted by Crippen LogP contribution is 2.21. The Morgan fingerprint density at radius 1 is 1.47 bits per heavy atom. The number of halogens is 3. The average Bonchev–Trinajstić information content (AvgIpc) is 2.68. The van der Waals surface area contributed by atoms with E-state index in [1.54, 1.807) is 6.20 Å². The Labute approximate surface area is 109 Å². The normalized spacial score (nSPS) is 11.6. The lowest BCUT2D eigenvalue weighted by molar-refractivity contribution is -0.135. The molecule has 0 aromatic carbocycles. The molecule has 0 unspecified atom stereocenters. The number of amides is 1. The molecule has 108 valence electrons. The van der Waals surface area contributed by atoms with Gasteiger partial charge in [0.25, 0.3) is 5.91 Å². The molecule has 0 aliphatic carbocycles. The monoisotopic (exact) mass is 278 g/mol. The van der Waals surface area contributed by atoms with Crippen LogP contribution in [0.25, 0.3) is 0 Å². The second kappa shape index (κ2) is 6.44. The Balaban J connectivity index is 2.33. The largest absolute Gasteiger partial charge is 0.396 e. The fourth-order valence-electron chi connectivity index (χ4n) is 1.51. The van der Waals surface area contributed by atoms with Gasteiger partial charge in [-0.25, -0.2) is 0 Å². The maximum Gasteiger partial charge on any atom is 0.389 e. The van der Waals surface area contributed by atoms with Gasteiger partial charge in [-0.2, -0.15) is 18.3 Å². The van der Waals surface area contributed by atoms with Crippen LogP contribution in [-0.2, 0) is 6.54 Å². The second-order valence-electron chi connectivity index (χ2n) is 4.12. The molecule has 1 aromatic rings. The van der Waals surface area contributed by atoms with Crippen LogP contribution in [0.5, 0.6) is 0 Å². The van der Waals surface area contributed by atoms with Crippen molar-refractivity contribution < 1.29 is 18.0 Å². The first-order chi connectivity index (χ1) is 8.83. The molecule has 0 saturated heterocycles. The molecular formula is C11H17F3N4O. The maximum absolute atomic E-state index is 11.9. The standard InChI is InChI=1S/C11H17F3N4O/c1-2-18-7-8(15)9(17-18)10(19)16-6-4-3-5-11(12,13)14/h7H,2-6,15H2,1H3,(H,16,19). The lowest BCUT2D eigenvalue weighted by atomic mass is 10.2. The number of unbranched alkanes of at least 4 members (excludes halogenated alkanes) is 1. The van der Waals surface area contributed by atoms with Crippen LogP contribution in [0.3, 0.4) is 0 Å². The van der Waals surface area contributed by atoms with E-state index in [2.05, 4.69) is 10.4 Å². The first-order valence-corrected chi connectivity index (χ1v) is 6.01. The summed E-state index contributed by atoms with van der Waals surface area (Å²) >= 11 is 0. The minimum Gasteiger partial charge on any atom is -0.396 e. The Morgan fingerprint density at radius 2 is 2.16 bits per heavy atom. The summed E-state index contributed by atoms with van der Waals surface area (Å²) < 4.78 is 37.2. The van der Waals surface area contributed by atoms with E-state index in [0.29, 0.717) is 6.54 Å². The zero-order valence-corrected chi connectivity index (χ0v) is 10.6. The third kappa shape index (κ3) is 5.19. The summed E-state index contributed by atoms with van der Waals surface area (Å²) in [7, 11) is 0. The number of aryl methyl sites for hydroxylation is 1. The van der Waals surface area contributed by atoms with E-state index in [0.717, 1.165) is 0 Å². The van der Waals surface area contributed by atoms with Gasteiger partial charge in [0.2, 0.25) is 0 Å². The predicted molar refractivity (Wildman–Crippen MR) is 64.6 cm³/mol. The molecule has 0 aliphatic rings. The van der Waals surface area contributed by atoms with Crippen molar-refractivity contribution >= 4 is 11.6 Å². The van der Waals surface area contributed by atoms with Gasteiger partial charge in [0.15, 0.2) is 5.69 Å². The zero-order valence-electron chi connectivity index (χ0n) is 10.6. The zero-order chi connectivity index (χ0) is 14.5. The molecule has 0 atom stereocenters. The molecular weight excluding hydrogens is 261 g/mol. The van der Waals surface area contributed by atoms with Crippen LogP contribution in [0.15, 0.2) is 6.20 Å². The molecule has 5 nitrogen and oxygen atoms in total. The maximum atomic E-state index is 11.9. The molecule has 3 N–H and O–H groups in total. The molecule has 1 rings (SSSR count). The number of nitrogens with zero attached hydrogens (tertiary/aromatic N) is 2. The Kier molecular flexibility index (Phi) is 5.20. The highest BCUT2D eigenvalue weighted by atomic mass is 19.4. The quantitative estimate of drug-likeness (QED) is 0.781. The lowest BCUT2D eigenvalue weighted by Crippen LogP contribution is -2.26. The van der Waals surface area contributed by atoms with Gasteiger partial charge in [0, 0.05) is 25.7 Å². The number of carbonyl (C=O) groups is 1. The van der Waals surface area contributed by atoms with Gasteiger partial charge in [-0.3, -0.25) is 9.48 Å². The van der Waals surface area contributed by atoms with Crippen molar-refractivity contribution in [3.05, 3.63) is 11.9 Å². The summed E-state index contributed by atoms with van der Waals surface area (Å²) in [6.07, 6.45) is -3.19. The molecule has 0 saturated carbocycles. The second-order valence-corrected chi connectivity index (χ2v) is 4.12. The van der Waals surface area contributed by atoms with Crippen molar-refractivity contribution in [1.82, 2.24) is 15.1 Å². The van der Waals surface area contributed by atoms with Crippen LogP contribution in [0.2, 0.25) is 0 Å². The van der Waals surface area contributed by atoms with E-state index in [4.69, 9.17) is 5.73 Å². The summed E-state index contributed by atoms with van der Waals surface area (Å²) in [5.74, 6) is -0.461. The number of nitrogen functional groups attached to an aromatic ring is 1. The first kappa shape index (κ1) is 15.3. The number of anilines is 1. The molecule has 0 fully saturated rings. The van der Waals surface area contributed by atoms with Crippen molar-refractivity contribution in [3.63, 3.8) is 0 Å². The first-order valence-electron chi connectivity index (χ1n) is 6.01. The van der Waals surface area contributed by atoms with Crippen LogP contribution < -0.4 is 11.1 Å². The SMILES string of the molecule is CCn1cc(N)c(C(=O)NCCCCC(F)(F)F)n1. The fraction of sp³-hybridized carbons (Fsp3) is 0.636. The highest BCUT2D eigenvalue weighted by molar-refractivity contribution is 5.96. The van der Waals surface area contributed by atoms with Gasteiger partial charge in [-0.15, -0.1) is 0 Å². The van der Waals surface area contributed by atoms with Crippen LogP contribution in [0, 0.1) is 0 Å². The smallest absolute Gasteiger partial charge is 0.389 e. The van der Waals surface area contributed by atoms with Crippen LogP contribution in [0.1, 0.15) is 36.7 Å². The molecule has 0 radical (unpaired) electrons. The van der Waals surface area contributed by atoms with Crippen molar-refractivity contribution in [3.8, 4) is 0 Å². The fourth-order valence-corrected chi connectivity index (χ4v) is 1.51. The molecule has 8 heteroatoms. The summed E-state index contributed by atoms with van der Waals surface area (Å²) in [6, 6.07) is 0. The minimum atomic E-state index is -4.14. The van der Waals surface area contributed by atoms with Crippen molar-refractivity contribution in [2.45, 2.75) is 38.9 Å². The number of rotatable bonds is 6. The highest BCUT2D eigenvalue weighted by Gasteiger charge is 2.25. The number of nitrogens with one attached hydrogen (secondary N) is 1. The van der Waals surface area contributed by atoms with Gasteiger partial charge >= 0.3 is 6.18 Å². The van der Waals surface area contributed by atoms with Crippen LogP contribution in [0.4, 0.5) is 18.9 Å². The number of hydrogen-bond donors (Lipinski definition) is 2. The molecule has 0 aliphatic heterocycles. The van der Waals surface area contributed by atoms with Crippen molar-refractivity contribution in [1.29, 1.82) is 0 Å². The van der Waals surface area contributed by atoms with Gasteiger partial charge in [0.05, 0.1) is 5.69 Å². The molecule has 1 heterocycles. The molecule has 1 amide bonds. The Morgan fingerprint density at radius 3 is 2.68 bits per heavy atom. The summed E-state index contributed by atoms with van der Waals surface area (Å²) in [6.45, 7) is 2.61. The molecule has 1 aromatic heterocycles. The number of aromatic nitrogens is 2. The Bertz CT molecular complexity index is 428. The number of carbonyl (C=O) groups excluding carboxylic acids is 1. The van der Waals surface area contributed by atoms with Gasteiger partial charge in [-0.05, 0) is 19.8 Å². The third-order valence-corrected chi connectivity index (χ3v) is 2.50.